The molecule has 0 N–H and O–H groups in total. The number of para-hydroxylation sites is 1. The van der Waals surface area contributed by atoms with Crippen molar-refractivity contribution in [3.63, 3.8) is 0 Å². The summed E-state index contributed by atoms with van der Waals surface area (Å²) >= 11 is 1.76. The summed E-state index contributed by atoms with van der Waals surface area (Å²) in [5, 5.41) is 1.64. The maximum absolute atomic E-state index is 12.6. The van der Waals surface area contributed by atoms with Crippen LogP contribution in [0.2, 0.25) is 0 Å². The van der Waals surface area contributed by atoms with Crippen molar-refractivity contribution in [3.05, 3.63) is 83.0 Å². The molecular weight excluding hydrogens is 446 g/mol. The van der Waals surface area contributed by atoms with E-state index in [0.29, 0.717) is 22.5 Å². The van der Waals surface area contributed by atoms with Gasteiger partial charge < -0.3 is 19.0 Å². The first-order valence-electron chi connectivity index (χ1n) is 11.3. The molecule has 0 amide bonds. The number of aromatic nitrogens is 1. The maximum atomic E-state index is 12.6. The van der Waals surface area contributed by atoms with Gasteiger partial charge in [0.05, 0.1) is 22.7 Å². The van der Waals surface area contributed by atoms with Gasteiger partial charge in [-0.05, 0) is 48.5 Å². The number of fused-ring (bicyclic) bond motifs is 2. The molecule has 0 radical (unpaired) electrons. The fourth-order valence-corrected chi connectivity index (χ4v) is 5.41. The zero-order valence-electron chi connectivity index (χ0n) is 18.7. The van der Waals surface area contributed by atoms with E-state index in [1.54, 1.807) is 42.7 Å². The van der Waals surface area contributed by atoms with Crippen LogP contribution in [0.4, 0.5) is 10.8 Å². The molecule has 0 bridgehead atoms. The van der Waals surface area contributed by atoms with E-state index in [1.807, 2.05) is 18.2 Å². The minimum Gasteiger partial charge on any atom is -0.497 e. The Hall–Kier alpha value is -3.84. The highest BCUT2D eigenvalue weighted by molar-refractivity contribution is 7.22. The van der Waals surface area contributed by atoms with E-state index >= 15 is 0 Å². The van der Waals surface area contributed by atoms with Gasteiger partial charge in [0.1, 0.15) is 17.1 Å². The van der Waals surface area contributed by atoms with Crippen LogP contribution in [-0.2, 0) is 0 Å². The lowest BCUT2D eigenvalue weighted by Gasteiger charge is -2.36. The Labute approximate surface area is 200 Å². The van der Waals surface area contributed by atoms with Crippen LogP contribution in [0.5, 0.6) is 5.75 Å². The highest BCUT2D eigenvalue weighted by Gasteiger charge is 2.20. The Balaban J connectivity index is 1.19. The number of methoxy groups -OCH3 is 1. The number of nitrogens with zero attached hydrogens (tertiary/aromatic N) is 3. The fraction of sp³-hybridized carbons (Fsp3) is 0.185. The molecule has 1 aliphatic heterocycles. The lowest BCUT2D eigenvalue weighted by atomic mass is 10.1. The molecule has 0 atom stereocenters. The summed E-state index contributed by atoms with van der Waals surface area (Å²) in [5.41, 5.74) is 3.57. The highest BCUT2D eigenvalue weighted by Crippen LogP contribution is 2.31. The van der Waals surface area contributed by atoms with E-state index in [9.17, 15) is 4.79 Å². The average molecular weight is 470 g/mol. The Morgan fingerprint density at radius 2 is 1.68 bits per heavy atom. The van der Waals surface area contributed by atoms with Crippen LogP contribution in [-0.4, -0.2) is 38.3 Å². The first kappa shape index (κ1) is 20.7. The predicted molar refractivity (Wildman–Crippen MR) is 139 cm³/mol. The Morgan fingerprint density at radius 1 is 0.912 bits per heavy atom. The molecule has 7 heteroatoms. The van der Waals surface area contributed by atoms with Gasteiger partial charge in [-0.25, -0.2) is 4.98 Å². The molecule has 3 aromatic carbocycles. The second-order valence-corrected chi connectivity index (χ2v) is 9.33. The van der Waals surface area contributed by atoms with E-state index in [2.05, 4.69) is 40.1 Å². The SMILES string of the molecule is COc1ccc2c(=O)cc(-c3ccc(N4CCN(c5nc6ccccc6s5)CC4)cc3)oc2c1. The number of anilines is 2. The summed E-state index contributed by atoms with van der Waals surface area (Å²) in [5.74, 6) is 1.21. The number of piperazine rings is 1. The van der Waals surface area contributed by atoms with Crippen molar-refractivity contribution < 1.29 is 9.15 Å². The van der Waals surface area contributed by atoms with Gasteiger partial charge in [0.25, 0.3) is 0 Å². The minimum absolute atomic E-state index is 0.0612. The van der Waals surface area contributed by atoms with Crippen LogP contribution in [0.25, 0.3) is 32.5 Å². The van der Waals surface area contributed by atoms with E-state index in [-0.39, 0.29) is 5.43 Å². The zero-order chi connectivity index (χ0) is 23.1. The summed E-state index contributed by atoms with van der Waals surface area (Å²) in [7, 11) is 1.60. The molecule has 0 aliphatic carbocycles. The quantitative estimate of drug-likeness (QED) is 0.351. The second kappa shape index (κ2) is 8.50. The summed E-state index contributed by atoms with van der Waals surface area (Å²) in [6.45, 7) is 3.73. The van der Waals surface area contributed by atoms with Crippen LogP contribution in [0.3, 0.4) is 0 Å². The van der Waals surface area contributed by atoms with Gasteiger partial charge in [0, 0.05) is 49.6 Å². The van der Waals surface area contributed by atoms with E-state index < -0.39 is 0 Å². The topological polar surface area (TPSA) is 58.8 Å². The van der Waals surface area contributed by atoms with E-state index in [0.717, 1.165) is 48.1 Å². The lowest BCUT2D eigenvalue weighted by molar-refractivity contribution is 0.414. The smallest absolute Gasteiger partial charge is 0.193 e. The summed E-state index contributed by atoms with van der Waals surface area (Å²) in [6, 6.07) is 23.3. The van der Waals surface area contributed by atoms with Crippen LogP contribution >= 0.6 is 11.3 Å². The van der Waals surface area contributed by atoms with Gasteiger partial charge >= 0.3 is 0 Å². The number of hydrogen-bond donors (Lipinski definition) is 0. The third-order valence-electron chi connectivity index (χ3n) is 6.29. The van der Waals surface area contributed by atoms with Gasteiger partial charge in [-0.1, -0.05) is 23.5 Å². The molecule has 170 valence electrons. The molecule has 34 heavy (non-hydrogen) atoms. The average Bonchev–Trinajstić information content (AvgIpc) is 3.33. The first-order valence-corrected chi connectivity index (χ1v) is 12.1. The summed E-state index contributed by atoms with van der Waals surface area (Å²) in [6.07, 6.45) is 0. The Bertz CT molecular complexity index is 1500. The van der Waals surface area contributed by atoms with Gasteiger partial charge in [-0.15, -0.1) is 0 Å². The highest BCUT2D eigenvalue weighted by atomic mass is 32.1. The van der Waals surface area contributed by atoms with Crippen LogP contribution < -0.4 is 20.0 Å². The number of thiazole rings is 1. The number of rotatable bonds is 4. The van der Waals surface area contributed by atoms with Crippen molar-refractivity contribution in [2.75, 3.05) is 43.1 Å². The second-order valence-electron chi connectivity index (χ2n) is 8.32. The summed E-state index contributed by atoms with van der Waals surface area (Å²) in [4.78, 5) is 22.1. The maximum Gasteiger partial charge on any atom is 0.193 e. The van der Waals surface area contributed by atoms with Crippen molar-refractivity contribution in [3.8, 4) is 17.1 Å². The molecule has 3 heterocycles. The predicted octanol–water partition coefficient (Wildman–Crippen LogP) is 5.40. The van der Waals surface area contributed by atoms with Crippen molar-refractivity contribution in [2.24, 2.45) is 0 Å². The molecule has 6 nitrogen and oxygen atoms in total. The van der Waals surface area contributed by atoms with E-state index in [4.69, 9.17) is 14.1 Å². The largest absolute Gasteiger partial charge is 0.497 e. The first-order chi connectivity index (χ1) is 16.7. The number of hydrogen-bond acceptors (Lipinski definition) is 7. The molecule has 1 fully saturated rings. The van der Waals surface area contributed by atoms with Gasteiger partial charge in [-0.2, -0.15) is 0 Å². The van der Waals surface area contributed by atoms with Crippen molar-refractivity contribution in [1.82, 2.24) is 4.98 Å². The van der Waals surface area contributed by atoms with Crippen LogP contribution in [0.1, 0.15) is 0 Å². The van der Waals surface area contributed by atoms with Crippen molar-refractivity contribution in [2.45, 2.75) is 0 Å². The Kier molecular flexibility index (Phi) is 5.19. The van der Waals surface area contributed by atoms with Gasteiger partial charge in [0.15, 0.2) is 10.6 Å². The zero-order valence-corrected chi connectivity index (χ0v) is 19.5. The van der Waals surface area contributed by atoms with E-state index in [1.165, 1.54) is 4.70 Å². The molecular formula is C27H23N3O3S. The molecule has 5 aromatic rings. The molecule has 0 unspecified atom stereocenters. The molecule has 1 aliphatic rings. The van der Waals surface area contributed by atoms with Crippen LogP contribution in [0, 0.1) is 0 Å². The summed E-state index contributed by atoms with van der Waals surface area (Å²) < 4.78 is 12.5. The van der Waals surface area contributed by atoms with Crippen LogP contribution in [0.15, 0.2) is 82.0 Å². The van der Waals surface area contributed by atoms with Crippen molar-refractivity contribution in [1.29, 1.82) is 0 Å². The third-order valence-corrected chi connectivity index (χ3v) is 7.38. The lowest BCUT2D eigenvalue weighted by Crippen LogP contribution is -2.46. The number of ether oxygens (including phenoxy) is 1. The fourth-order valence-electron chi connectivity index (χ4n) is 4.39. The molecule has 2 aromatic heterocycles. The van der Waals surface area contributed by atoms with Gasteiger partial charge in [-0.3, -0.25) is 4.79 Å². The molecule has 6 rings (SSSR count). The van der Waals surface area contributed by atoms with Gasteiger partial charge in [0.2, 0.25) is 0 Å². The number of benzene rings is 3. The van der Waals surface area contributed by atoms with Crippen molar-refractivity contribution >= 4 is 43.3 Å². The molecule has 1 saturated heterocycles. The third kappa shape index (κ3) is 3.78. The monoisotopic (exact) mass is 469 g/mol. The minimum atomic E-state index is -0.0612. The molecule has 0 spiro atoms. The standard InChI is InChI=1S/C27H23N3O3S/c1-32-20-10-11-21-23(31)17-24(33-25(21)16-20)18-6-8-19(9-7-18)29-12-14-30(15-13-29)27-28-22-4-2-3-5-26(22)34-27/h2-11,16-17H,12-15H2,1H3. The Morgan fingerprint density at radius 3 is 2.44 bits per heavy atom. The molecule has 0 saturated carbocycles. The normalized spacial score (nSPS) is 14.1.